The van der Waals surface area contributed by atoms with Crippen molar-refractivity contribution in [1.82, 2.24) is 5.32 Å². The Bertz CT molecular complexity index is 198. The van der Waals surface area contributed by atoms with Crippen molar-refractivity contribution in [3.05, 3.63) is 0 Å². The van der Waals surface area contributed by atoms with Crippen LogP contribution in [0.4, 0.5) is 0 Å². The second-order valence-corrected chi connectivity index (χ2v) is 5.05. The zero-order valence-corrected chi connectivity index (χ0v) is 10.4. The van der Waals surface area contributed by atoms with Crippen molar-refractivity contribution < 1.29 is 9.90 Å². The van der Waals surface area contributed by atoms with Crippen LogP contribution in [0.25, 0.3) is 0 Å². The van der Waals surface area contributed by atoms with E-state index < -0.39 is 6.10 Å². The first kappa shape index (κ1) is 13.5. The number of hydrogen-bond acceptors (Lipinski definition) is 2. The summed E-state index contributed by atoms with van der Waals surface area (Å²) in [6.45, 7) is 2.06. The molecule has 1 rings (SSSR count). The first-order valence-electron chi connectivity index (χ1n) is 6.63. The first-order chi connectivity index (χ1) is 7.68. The molecule has 2 N–H and O–H groups in total. The summed E-state index contributed by atoms with van der Waals surface area (Å²) in [7, 11) is 0. The predicted octanol–water partition coefficient (Wildman–Crippen LogP) is 2.23. The number of aliphatic hydroxyl groups excluding tert-OH is 1. The van der Waals surface area contributed by atoms with E-state index in [0.717, 1.165) is 12.3 Å². The molecule has 0 bridgehead atoms. The molecule has 16 heavy (non-hydrogen) atoms. The lowest BCUT2D eigenvalue weighted by Gasteiger charge is -2.21. The van der Waals surface area contributed by atoms with Gasteiger partial charge in [0.25, 0.3) is 0 Å². The van der Waals surface area contributed by atoms with Crippen LogP contribution in [0.3, 0.4) is 0 Å². The zero-order valence-electron chi connectivity index (χ0n) is 10.4. The Morgan fingerprint density at radius 2 is 2.06 bits per heavy atom. The van der Waals surface area contributed by atoms with Gasteiger partial charge in [0.2, 0.25) is 5.91 Å². The van der Waals surface area contributed by atoms with Gasteiger partial charge in [0.15, 0.2) is 0 Å². The van der Waals surface area contributed by atoms with Crippen LogP contribution in [0.1, 0.15) is 58.3 Å². The van der Waals surface area contributed by atoms with Crippen molar-refractivity contribution in [1.29, 1.82) is 0 Å². The molecule has 0 unspecified atom stereocenters. The van der Waals surface area contributed by atoms with Gasteiger partial charge in [-0.15, -0.1) is 0 Å². The van der Waals surface area contributed by atoms with Crippen LogP contribution < -0.4 is 5.32 Å². The normalized spacial score (nSPS) is 19.4. The van der Waals surface area contributed by atoms with Crippen LogP contribution >= 0.6 is 0 Å². The third-order valence-electron chi connectivity index (χ3n) is 3.34. The lowest BCUT2D eigenvalue weighted by molar-refractivity contribution is -0.121. The summed E-state index contributed by atoms with van der Waals surface area (Å²) in [5.41, 5.74) is 0. The Labute approximate surface area is 98.6 Å². The molecule has 1 saturated carbocycles. The van der Waals surface area contributed by atoms with E-state index in [-0.39, 0.29) is 5.91 Å². The van der Waals surface area contributed by atoms with Crippen molar-refractivity contribution in [3.8, 4) is 0 Å². The van der Waals surface area contributed by atoms with Gasteiger partial charge >= 0.3 is 0 Å². The Morgan fingerprint density at radius 1 is 1.38 bits per heavy atom. The summed E-state index contributed by atoms with van der Waals surface area (Å²) in [5.74, 6) is 0.940. The molecule has 0 radical (unpaired) electrons. The van der Waals surface area contributed by atoms with Crippen molar-refractivity contribution >= 4 is 5.91 Å². The van der Waals surface area contributed by atoms with E-state index in [2.05, 4.69) is 5.32 Å². The molecule has 0 aromatic rings. The SMILES string of the molecule is C[C@@H](O)CNC(=O)CCCC1CCCCC1. The molecule has 1 aliphatic rings. The van der Waals surface area contributed by atoms with Gasteiger partial charge in [0, 0.05) is 13.0 Å². The average molecular weight is 227 g/mol. The number of amides is 1. The number of aliphatic hydroxyl groups is 1. The van der Waals surface area contributed by atoms with Gasteiger partial charge in [0.05, 0.1) is 6.10 Å². The van der Waals surface area contributed by atoms with Crippen LogP contribution in [0.2, 0.25) is 0 Å². The molecule has 1 amide bonds. The molecule has 0 aromatic carbocycles. The van der Waals surface area contributed by atoms with E-state index in [1.165, 1.54) is 38.5 Å². The number of hydrogen-bond donors (Lipinski definition) is 2. The molecule has 94 valence electrons. The molecular formula is C13H25NO2. The van der Waals surface area contributed by atoms with E-state index in [0.29, 0.717) is 13.0 Å². The fraction of sp³-hybridized carbons (Fsp3) is 0.923. The number of carbonyl (C=O) groups excluding carboxylic acids is 1. The number of rotatable bonds is 6. The Kier molecular flexibility index (Phi) is 6.46. The van der Waals surface area contributed by atoms with Gasteiger partial charge in [-0.3, -0.25) is 4.79 Å². The fourth-order valence-electron chi connectivity index (χ4n) is 2.38. The Balaban J connectivity index is 1.99. The molecule has 0 aromatic heterocycles. The maximum Gasteiger partial charge on any atom is 0.220 e. The van der Waals surface area contributed by atoms with Crippen LogP contribution in [0.5, 0.6) is 0 Å². The molecule has 0 spiro atoms. The second kappa shape index (κ2) is 7.66. The van der Waals surface area contributed by atoms with E-state index in [1.54, 1.807) is 6.92 Å². The fourth-order valence-corrected chi connectivity index (χ4v) is 2.38. The first-order valence-corrected chi connectivity index (χ1v) is 6.63. The highest BCUT2D eigenvalue weighted by Crippen LogP contribution is 2.27. The van der Waals surface area contributed by atoms with Crippen LogP contribution in [-0.4, -0.2) is 23.7 Å². The summed E-state index contributed by atoms with van der Waals surface area (Å²) in [4.78, 5) is 11.4. The van der Waals surface area contributed by atoms with Crippen LogP contribution in [0, 0.1) is 5.92 Å². The van der Waals surface area contributed by atoms with Crippen LogP contribution in [-0.2, 0) is 4.79 Å². The van der Waals surface area contributed by atoms with Gasteiger partial charge in [0.1, 0.15) is 0 Å². The van der Waals surface area contributed by atoms with Gasteiger partial charge in [-0.25, -0.2) is 0 Å². The van der Waals surface area contributed by atoms with Crippen molar-refractivity contribution in [2.75, 3.05) is 6.54 Å². The van der Waals surface area contributed by atoms with Gasteiger partial charge in [-0.05, 0) is 25.7 Å². The molecule has 1 atom stereocenters. The molecular weight excluding hydrogens is 202 g/mol. The van der Waals surface area contributed by atoms with Crippen molar-refractivity contribution in [2.24, 2.45) is 5.92 Å². The smallest absolute Gasteiger partial charge is 0.220 e. The lowest BCUT2D eigenvalue weighted by Crippen LogP contribution is -2.30. The Morgan fingerprint density at radius 3 is 2.69 bits per heavy atom. The molecule has 0 saturated heterocycles. The summed E-state index contributed by atoms with van der Waals surface area (Å²) in [6, 6.07) is 0. The monoisotopic (exact) mass is 227 g/mol. The number of nitrogens with one attached hydrogen (secondary N) is 1. The summed E-state index contributed by atoms with van der Waals surface area (Å²) >= 11 is 0. The third kappa shape index (κ3) is 6.11. The quantitative estimate of drug-likeness (QED) is 0.731. The van der Waals surface area contributed by atoms with Gasteiger partial charge < -0.3 is 10.4 Å². The maximum absolute atomic E-state index is 11.4. The lowest BCUT2D eigenvalue weighted by atomic mass is 9.86. The largest absolute Gasteiger partial charge is 0.392 e. The topological polar surface area (TPSA) is 49.3 Å². The highest BCUT2D eigenvalue weighted by Gasteiger charge is 2.13. The molecule has 1 aliphatic carbocycles. The third-order valence-corrected chi connectivity index (χ3v) is 3.34. The highest BCUT2D eigenvalue weighted by atomic mass is 16.3. The average Bonchev–Trinajstić information content (AvgIpc) is 2.28. The molecule has 0 aliphatic heterocycles. The molecule has 3 heteroatoms. The maximum atomic E-state index is 11.4. The minimum atomic E-state index is -0.442. The molecule has 0 heterocycles. The summed E-state index contributed by atoms with van der Waals surface area (Å²) in [5, 5.41) is 11.7. The molecule has 3 nitrogen and oxygen atoms in total. The van der Waals surface area contributed by atoms with Crippen molar-refractivity contribution in [3.63, 3.8) is 0 Å². The van der Waals surface area contributed by atoms with E-state index in [9.17, 15) is 4.79 Å². The van der Waals surface area contributed by atoms with Crippen LogP contribution in [0.15, 0.2) is 0 Å². The number of carbonyl (C=O) groups is 1. The molecule has 1 fully saturated rings. The van der Waals surface area contributed by atoms with Gasteiger partial charge in [-0.1, -0.05) is 32.1 Å². The van der Waals surface area contributed by atoms with Crippen molar-refractivity contribution in [2.45, 2.75) is 64.4 Å². The summed E-state index contributed by atoms with van der Waals surface area (Å²) in [6.07, 6.45) is 9.22. The highest BCUT2D eigenvalue weighted by molar-refractivity contribution is 5.75. The standard InChI is InChI=1S/C13H25NO2/c1-11(15)10-14-13(16)9-5-8-12-6-3-2-4-7-12/h11-12,15H,2-10H2,1H3,(H,14,16)/t11-/m1/s1. The summed E-state index contributed by atoms with van der Waals surface area (Å²) < 4.78 is 0. The van der Waals surface area contributed by atoms with E-state index in [1.807, 2.05) is 0 Å². The van der Waals surface area contributed by atoms with Gasteiger partial charge in [-0.2, -0.15) is 0 Å². The van der Waals surface area contributed by atoms with E-state index in [4.69, 9.17) is 5.11 Å². The predicted molar refractivity (Wildman–Crippen MR) is 65.1 cm³/mol. The zero-order chi connectivity index (χ0) is 11.8. The Hall–Kier alpha value is -0.570. The minimum absolute atomic E-state index is 0.0803. The second-order valence-electron chi connectivity index (χ2n) is 5.05. The minimum Gasteiger partial charge on any atom is -0.392 e. The van der Waals surface area contributed by atoms with E-state index >= 15 is 0 Å².